The molecular weight excluding hydrogens is 715 g/mol. The smallest absolute Gasteiger partial charge is 0.140 e. The lowest BCUT2D eigenvalue weighted by atomic mass is 9.65. The van der Waals surface area contributed by atoms with Gasteiger partial charge in [-0.1, -0.05) is 176 Å². The van der Waals surface area contributed by atoms with Crippen LogP contribution >= 0.6 is 0 Å². The highest BCUT2D eigenvalue weighted by Crippen LogP contribution is 2.63. The minimum Gasteiger partial charge on any atom is -0.456 e. The van der Waals surface area contributed by atoms with Gasteiger partial charge in [-0.25, -0.2) is 0 Å². The number of rotatable bonds is 5. The van der Waals surface area contributed by atoms with E-state index in [1.165, 1.54) is 55.3 Å². The molecule has 2 aliphatic rings. The first-order chi connectivity index (χ1) is 29.2. The molecule has 1 aliphatic carbocycles. The summed E-state index contributed by atoms with van der Waals surface area (Å²) >= 11 is 0. The first-order valence-electron chi connectivity index (χ1n) is 20.3. The Morgan fingerprint density at radius 2 is 0.932 bits per heavy atom. The predicted octanol–water partition coefficient (Wildman–Crippen LogP) is 15.3. The lowest BCUT2D eigenvalue weighted by Gasteiger charge is -2.40. The Morgan fingerprint density at radius 1 is 0.322 bits per heavy atom. The molecule has 2 heteroatoms. The monoisotopic (exact) mass is 751 g/mol. The van der Waals surface area contributed by atoms with Gasteiger partial charge in [0.1, 0.15) is 11.5 Å². The van der Waals surface area contributed by atoms with Crippen molar-refractivity contribution >= 4 is 38.6 Å². The van der Waals surface area contributed by atoms with Crippen LogP contribution in [0.3, 0.4) is 0 Å². The van der Waals surface area contributed by atoms with Gasteiger partial charge < -0.3 is 9.64 Å². The first-order valence-corrected chi connectivity index (χ1v) is 20.3. The summed E-state index contributed by atoms with van der Waals surface area (Å²) in [6, 6.07) is 81.7. The normalized spacial score (nSPS) is 14.6. The van der Waals surface area contributed by atoms with E-state index in [4.69, 9.17) is 4.74 Å². The van der Waals surface area contributed by atoms with Crippen LogP contribution in [0.25, 0.3) is 54.9 Å². The number of hydrogen-bond acceptors (Lipinski definition) is 2. The zero-order valence-corrected chi connectivity index (χ0v) is 32.2. The van der Waals surface area contributed by atoms with Crippen molar-refractivity contribution in [3.8, 4) is 44.9 Å². The summed E-state index contributed by atoms with van der Waals surface area (Å²) in [7, 11) is 0. The Hall–Kier alpha value is -7.68. The van der Waals surface area contributed by atoms with Crippen LogP contribution in [0.4, 0.5) is 17.1 Å². The van der Waals surface area contributed by atoms with E-state index in [1.807, 2.05) is 0 Å². The molecule has 0 N–H and O–H groups in total. The van der Waals surface area contributed by atoms with Crippen molar-refractivity contribution in [2.24, 2.45) is 0 Å². The Kier molecular flexibility index (Phi) is 7.48. The third-order valence-corrected chi connectivity index (χ3v) is 12.5. The van der Waals surface area contributed by atoms with Crippen LogP contribution in [0.2, 0.25) is 0 Å². The van der Waals surface area contributed by atoms with Gasteiger partial charge in [0.05, 0.1) is 5.41 Å². The summed E-state index contributed by atoms with van der Waals surface area (Å²) < 4.78 is 6.94. The number of anilines is 3. The van der Waals surface area contributed by atoms with Gasteiger partial charge in [0.15, 0.2) is 0 Å². The lowest BCUT2D eigenvalue weighted by Crippen LogP contribution is -2.32. The van der Waals surface area contributed by atoms with Gasteiger partial charge in [0, 0.05) is 33.6 Å². The van der Waals surface area contributed by atoms with Crippen molar-refractivity contribution < 1.29 is 4.74 Å². The molecule has 0 aromatic heterocycles. The fraction of sp³-hybridized carbons (Fsp3) is 0.0175. The van der Waals surface area contributed by atoms with E-state index < -0.39 is 5.41 Å². The fourth-order valence-corrected chi connectivity index (χ4v) is 9.83. The second-order valence-corrected chi connectivity index (χ2v) is 15.6. The Morgan fingerprint density at radius 3 is 1.81 bits per heavy atom. The average Bonchev–Trinajstić information content (AvgIpc) is 3.59. The van der Waals surface area contributed by atoms with Gasteiger partial charge in [-0.15, -0.1) is 0 Å². The maximum atomic E-state index is 6.94. The largest absolute Gasteiger partial charge is 0.456 e. The minimum absolute atomic E-state index is 0.605. The minimum atomic E-state index is -0.605. The number of para-hydroxylation sites is 1. The Labute approximate surface area is 343 Å². The van der Waals surface area contributed by atoms with E-state index in [0.29, 0.717) is 0 Å². The average molecular weight is 752 g/mol. The quantitative estimate of drug-likeness (QED) is 0.174. The second-order valence-electron chi connectivity index (χ2n) is 15.6. The summed E-state index contributed by atoms with van der Waals surface area (Å²) in [5, 5.41) is 4.76. The molecule has 1 atom stereocenters. The van der Waals surface area contributed by atoms with Gasteiger partial charge in [-0.3, -0.25) is 0 Å². The summed E-state index contributed by atoms with van der Waals surface area (Å²) in [5.41, 5.74) is 14.7. The molecular formula is C57H37NO. The first kappa shape index (κ1) is 33.5. The Balaban J connectivity index is 1.10. The van der Waals surface area contributed by atoms with Crippen LogP contribution in [0, 0.1) is 0 Å². The number of benzene rings is 10. The van der Waals surface area contributed by atoms with Crippen LogP contribution in [0.1, 0.15) is 22.3 Å². The SMILES string of the molecule is c1ccc(-c2ccc(N(c3cccc(-c4ccc5ccccc5c4)c3)c3ccc4c(c3)C3(c5ccccc5Oc5c3ccc3ccccc53)c3ccccc3-4)cc2)cc1. The predicted molar refractivity (Wildman–Crippen MR) is 244 cm³/mol. The van der Waals surface area contributed by atoms with Gasteiger partial charge >= 0.3 is 0 Å². The van der Waals surface area contributed by atoms with Crippen LogP contribution in [-0.4, -0.2) is 0 Å². The maximum Gasteiger partial charge on any atom is 0.140 e. The highest BCUT2D eigenvalue weighted by molar-refractivity contribution is 5.97. The van der Waals surface area contributed by atoms with E-state index in [-0.39, 0.29) is 0 Å². The molecule has 1 unspecified atom stereocenters. The number of fused-ring (bicyclic) bond motifs is 12. The van der Waals surface area contributed by atoms with Crippen LogP contribution < -0.4 is 9.64 Å². The van der Waals surface area contributed by atoms with E-state index in [9.17, 15) is 0 Å². The van der Waals surface area contributed by atoms with Crippen molar-refractivity contribution in [3.05, 3.63) is 247 Å². The zero-order valence-electron chi connectivity index (χ0n) is 32.2. The molecule has 0 fully saturated rings. The molecule has 1 heterocycles. The van der Waals surface area contributed by atoms with E-state index in [2.05, 4.69) is 229 Å². The molecule has 0 saturated carbocycles. The van der Waals surface area contributed by atoms with Crippen molar-refractivity contribution in [1.29, 1.82) is 0 Å². The second kappa shape index (κ2) is 13.2. The molecule has 2 nitrogen and oxygen atoms in total. The van der Waals surface area contributed by atoms with E-state index in [1.54, 1.807) is 0 Å². The summed E-state index contributed by atoms with van der Waals surface area (Å²) in [6.45, 7) is 0. The van der Waals surface area contributed by atoms with Crippen molar-refractivity contribution in [1.82, 2.24) is 0 Å². The van der Waals surface area contributed by atoms with Crippen LogP contribution in [0.15, 0.2) is 224 Å². The van der Waals surface area contributed by atoms with E-state index in [0.717, 1.165) is 50.5 Å². The number of hydrogen-bond donors (Lipinski definition) is 0. The van der Waals surface area contributed by atoms with Crippen molar-refractivity contribution in [2.45, 2.75) is 5.41 Å². The molecule has 0 bridgehead atoms. The number of ether oxygens (including phenoxy) is 1. The standard InChI is InChI=1S/C57H37NO/c1-2-13-38(14-3-1)40-27-30-45(31-28-40)58(46-19-12-18-43(36-46)44-26-25-39-15-4-5-17-42(39)35-44)47-32-33-50-49-21-8-9-22-51(49)57(54(50)37-47)52-23-10-11-24-55(52)59-56-48-20-7-6-16-41(48)29-34-53(56)57/h1-37H. The molecule has 1 aliphatic heterocycles. The van der Waals surface area contributed by atoms with Gasteiger partial charge in [0.2, 0.25) is 0 Å². The molecule has 276 valence electrons. The lowest BCUT2D eigenvalue weighted by molar-refractivity contribution is 0.441. The van der Waals surface area contributed by atoms with Crippen LogP contribution in [0.5, 0.6) is 11.5 Å². The van der Waals surface area contributed by atoms with Gasteiger partial charge in [0.25, 0.3) is 0 Å². The molecule has 12 rings (SSSR count). The van der Waals surface area contributed by atoms with Gasteiger partial charge in [-0.2, -0.15) is 0 Å². The Bertz CT molecular complexity index is 3260. The van der Waals surface area contributed by atoms with Gasteiger partial charge in [-0.05, 0) is 109 Å². The third kappa shape index (κ3) is 5.13. The molecule has 0 radical (unpaired) electrons. The molecule has 59 heavy (non-hydrogen) atoms. The van der Waals surface area contributed by atoms with Crippen molar-refractivity contribution in [2.75, 3.05) is 4.90 Å². The summed E-state index contributed by atoms with van der Waals surface area (Å²) in [5.74, 6) is 1.81. The molecule has 0 amide bonds. The molecule has 10 aromatic carbocycles. The molecule has 1 spiro atoms. The fourth-order valence-electron chi connectivity index (χ4n) is 9.83. The third-order valence-electron chi connectivity index (χ3n) is 12.5. The van der Waals surface area contributed by atoms with Crippen LogP contribution in [-0.2, 0) is 5.41 Å². The molecule has 10 aromatic rings. The highest BCUT2D eigenvalue weighted by atomic mass is 16.5. The number of nitrogens with zero attached hydrogens (tertiary/aromatic N) is 1. The molecule has 0 saturated heterocycles. The topological polar surface area (TPSA) is 12.5 Å². The van der Waals surface area contributed by atoms with Crippen molar-refractivity contribution in [3.63, 3.8) is 0 Å². The van der Waals surface area contributed by atoms with E-state index >= 15 is 0 Å². The zero-order chi connectivity index (χ0) is 38.9. The summed E-state index contributed by atoms with van der Waals surface area (Å²) in [4.78, 5) is 2.42. The maximum absolute atomic E-state index is 6.94. The highest BCUT2D eigenvalue weighted by Gasteiger charge is 2.51. The summed E-state index contributed by atoms with van der Waals surface area (Å²) in [6.07, 6.45) is 0.